The second-order valence-corrected chi connectivity index (χ2v) is 4.43. The Hall–Kier alpha value is -1.76. The van der Waals surface area contributed by atoms with Crippen LogP contribution in [0.1, 0.15) is 10.4 Å². The molecule has 0 fully saturated rings. The van der Waals surface area contributed by atoms with Crippen molar-refractivity contribution in [3.8, 4) is 0 Å². The number of carbonyl (C=O) groups is 3. The lowest BCUT2D eigenvalue weighted by molar-refractivity contribution is -0.139. The molecule has 1 aromatic rings. The number of Topliss-reactive ketones (excluding diaryl/α,β-unsaturated/α-hetero) is 1. The van der Waals surface area contributed by atoms with Gasteiger partial charge in [-0.15, -0.1) is 0 Å². The van der Waals surface area contributed by atoms with E-state index >= 15 is 0 Å². The molecule has 0 atom stereocenters. The number of ether oxygens (including phenoxy) is 1. The number of fused-ring (bicyclic) bond motifs is 1. The number of amides is 1. The Kier molecular flexibility index (Phi) is 3.16. The average molecular weight is 316 g/mol. The van der Waals surface area contributed by atoms with E-state index in [1.54, 1.807) is 0 Å². The fraction of sp³-hybridized carbons (Fsp3) is 0.182. The summed E-state index contributed by atoms with van der Waals surface area (Å²) in [6.07, 6.45) is 0. The van der Waals surface area contributed by atoms with Gasteiger partial charge in [0.1, 0.15) is 12.4 Å². The van der Waals surface area contributed by atoms with Crippen molar-refractivity contribution in [2.24, 2.45) is 0 Å². The Morgan fingerprint density at radius 1 is 1.44 bits per heavy atom. The summed E-state index contributed by atoms with van der Waals surface area (Å²) >= 11 is 2.93. The molecule has 0 saturated carbocycles. The largest absolute Gasteiger partial charge is 0.468 e. The van der Waals surface area contributed by atoms with Crippen molar-refractivity contribution in [1.29, 1.82) is 0 Å². The smallest absolute Gasteiger partial charge is 0.325 e. The van der Waals surface area contributed by atoms with Gasteiger partial charge >= 0.3 is 5.97 Å². The molecule has 1 aliphatic rings. The first-order valence-electron chi connectivity index (χ1n) is 4.87. The summed E-state index contributed by atoms with van der Waals surface area (Å²) in [6.45, 7) is -0.421. The van der Waals surface area contributed by atoms with E-state index in [1.807, 2.05) is 0 Å². The lowest BCUT2D eigenvalue weighted by Crippen LogP contribution is -2.35. The van der Waals surface area contributed by atoms with Crippen molar-refractivity contribution in [2.45, 2.75) is 0 Å². The van der Waals surface area contributed by atoms with Crippen molar-refractivity contribution in [2.75, 3.05) is 18.6 Å². The first-order valence-corrected chi connectivity index (χ1v) is 5.67. The number of hydrogen-bond acceptors (Lipinski definition) is 4. The van der Waals surface area contributed by atoms with E-state index in [0.29, 0.717) is 0 Å². The quantitative estimate of drug-likeness (QED) is 0.609. The third-order valence-electron chi connectivity index (χ3n) is 2.53. The van der Waals surface area contributed by atoms with Crippen LogP contribution in [0.3, 0.4) is 0 Å². The van der Waals surface area contributed by atoms with E-state index < -0.39 is 30.0 Å². The van der Waals surface area contributed by atoms with Crippen LogP contribution in [-0.4, -0.2) is 31.3 Å². The van der Waals surface area contributed by atoms with Crippen LogP contribution < -0.4 is 4.90 Å². The van der Waals surface area contributed by atoms with E-state index in [1.165, 1.54) is 6.07 Å². The molecule has 0 unspecified atom stereocenters. The van der Waals surface area contributed by atoms with Gasteiger partial charge in [0.15, 0.2) is 0 Å². The number of carbonyl (C=O) groups excluding carboxylic acids is 3. The predicted molar refractivity (Wildman–Crippen MR) is 62.8 cm³/mol. The fourth-order valence-corrected chi connectivity index (χ4v) is 1.98. The second-order valence-electron chi connectivity index (χ2n) is 3.58. The molecule has 0 aromatic heterocycles. The maximum atomic E-state index is 13.4. The van der Waals surface area contributed by atoms with Gasteiger partial charge in [-0.2, -0.15) is 0 Å². The Balaban J connectivity index is 2.48. The van der Waals surface area contributed by atoms with Gasteiger partial charge in [0.05, 0.1) is 22.8 Å². The van der Waals surface area contributed by atoms with Crippen molar-refractivity contribution in [3.63, 3.8) is 0 Å². The second kappa shape index (κ2) is 4.49. The van der Waals surface area contributed by atoms with Crippen molar-refractivity contribution < 1.29 is 23.5 Å². The molecule has 0 spiro atoms. The van der Waals surface area contributed by atoms with Gasteiger partial charge < -0.3 is 4.74 Å². The first kappa shape index (κ1) is 12.7. The van der Waals surface area contributed by atoms with Crippen LogP contribution in [0.2, 0.25) is 0 Å². The Labute approximate surface area is 110 Å². The molecular weight excluding hydrogens is 309 g/mol. The fourth-order valence-electron chi connectivity index (χ4n) is 1.64. The third kappa shape index (κ3) is 1.90. The SMILES string of the molecule is COC(=O)CN1C(=O)C(=O)c2cc(Br)c(F)cc21. The zero-order chi connectivity index (χ0) is 13.4. The van der Waals surface area contributed by atoms with Crippen LogP contribution in [0.5, 0.6) is 0 Å². The van der Waals surface area contributed by atoms with Gasteiger partial charge in [0, 0.05) is 0 Å². The van der Waals surface area contributed by atoms with Crippen molar-refractivity contribution in [3.05, 3.63) is 28.0 Å². The zero-order valence-electron chi connectivity index (χ0n) is 9.20. The number of methoxy groups -OCH3 is 1. The predicted octanol–water partition coefficient (Wildman–Crippen LogP) is 1.29. The first-order chi connectivity index (χ1) is 8.45. The van der Waals surface area contributed by atoms with Crippen molar-refractivity contribution in [1.82, 2.24) is 0 Å². The van der Waals surface area contributed by atoms with Gasteiger partial charge in [0.25, 0.3) is 11.7 Å². The molecule has 2 rings (SSSR count). The molecule has 1 aromatic carbocycles. The van der Waals surface area contributed by atoms with E-state index in [9.17, 15) is 18.8 Å². The van der Waals surface area contributed by atoms with Gasteiger partial charge in [-0.05, 0) is 28.1 Å². The number of esters is 1. The maximum absolute atomic E-state index is 13.4. The molecule has 7 heteroatoms. The Morgan fingerprint density at radius 2 is 2.11 bits per heavy atom. The van der Waals surface area contributed by atoms with Gasteiger partial charge in [0.2, 0.25) is 0 Å². The normalized spacial score (nSPS) is 13.8. The van der Waals surface area contributed by atoms with E-state index in [0.717, 1.165) is 18.1 Å². The molecular formula is C11H7BrFNO4. The van der Waals surface area contributed by atoms with E-state index in [4.69, 9.17) is 0 Å². The number of nitrogens with zero attached hydrogens (tertiary/aromatic N) is 1. The molecule has 1 amide bonds. The Bertz CT molecular complexity index is 572. The standard InChI is InChI=1S/C11H7BrFNO4/c1-18-9(15)4-14-8-3-7(13)6(12)2-5(8)10(16)11(14)17/h2-3H,4H2,1H3. The molecule has 1 aliphatic heterocycles. The van der Waals surface area contributed by atoms with Crippen LogP contribution in [0, 0.1) is 5.82 Å². The van der Waals surface area contributed by atoms with Crippen LogP contribution in [0.4, 0.5) is 10.1 Å². The summed E-state index contributed by atoms with van der Waals surface area (Å²) < 4.78 is 17.9. The third-order valence-corrected chi connectivity index (χ3v) is 3.14. The Morgan fingerprint density at radius 3 is 2.72 bits per heavy atom. The van der Waals surface area contributed by atoms with Crippen LogP contribution in [0.25, 0.3) is 0 Å². The molecule has 94 valence electrons. The van der Waals surface area contributed by atoms with Crippen LogP contribution in [0.15, 0.2) is 16.6 Å². The lowest BCUT2D eigenvalue weighted by atomic mass is 10.1. The number of anilines is 1. The molecule has 0 N–H and O–H groups in total. The number of hydrogen-bond donors (Lipinski definition) is 0. The highest BCUT2D eigenvalue weighted by atomic mass is 79.9. The average Bonchev–Trinajstić information content (AvgIpc) is 2.56. The molecule has 18 heavy (non-hydrogen) atoms. The van der Waals surface area contributed by atoms with Crippen LogP contribution >= 0.6 is 15.9 Å². The minimum Gasteiger partial charge on any atom is -0.468 e. The molecule has 0 aliphatic carbocycles. The minimum absolute atomic E-state index is 0.0668. The zero-order valence-corrected chi connectivity index (χ0v) is 10.8. The number of ketones is 1. The highest BCUT2D eigenvalue weighted by Crippen LogP contribution is 2.33. The maximum Gasteiger partial charge on any atom is 0.325 e. The highest BCUT2D eigenvalue weighted by Gasteiger charge is 2.37. The van der Waals surface area contributed by atoms with Gasteiger partial charge in [-0.3, -0.25) is 19.3 Å². The topological polar surface area (TPSA) is 63.7 Å². The van der Waals surface area contributed by atoms with Crippen LogP contribution in [-0.2, 0) is 14.3 Å². The highest BCUT2D eigenvalue weighted by molar-refractivity contribution is 9.10. The lowest BCUT2D eigenvalue weighted by Gasteiger charge is -2.14. The number of rotatable bonds is 2. The molecule has 0 bridgehead atoms. The molecule has 1 heterocycles. The summed E-state index contributed by atoms with van der Waals surface area (Å²) in [5.41, 5.74) is 0.147. The summed E-state index contributed by atoms with van der Waals surface area (Å²) in [5.74, 6) is -2.94. The summed E-state index contributed by atoms with van der Waals surface area (Å²) in [6, 6.07) is 2.26. The monoisotopic (exact) mass is 315 g/mol. The molecule has 5 nitrogen and oxygen atoms in total. The van der Waals surface area contributed by atoms with Gasteiger partial charge in [-0.25, -0.2) is 4.39 Å². The number of halogens is 2. The molecule has 0 radical (unpaired) electrons. The summed E-state index contributed by atoms with van der Waals surface area (Å²) in [4.78, 5) is 35.4. The van der Waals surface area contributed by atoms with Crippen molar-refractivity contribution >= 4 is 39.3 Å². The van der Waals surface area contributed by atoms with E-state index in [2.05, 4.69) is 20.7 Å². The minimum atomic E-state index is -0.868. The summed E-state index contributed by atoms with van der Waals surface area (Å²) in [5, 5.41) is 0. The van der Waals surface area contributed by atoms with E-state index in [-0.39, 0.29) is 15.7 Å². The number of benzene rings is 1. The molecule has 0 saturated heterocycles. The summed E-state index contributed by atoms with van der Waals surface area (Å²) in [7, 11) is 1.16. The van der Waals surface area contributed by atoms with Gasteiger partial charge in [-0.1, -0.05) is 0 Å².